The van der Waals surface area contributed by atoms with Crippen LogP contribution in [0.15, 0.2) is 24.3 Å². The summed E-state index contributed by atoms with van der Waals surface area (Å²) in [6.07, 6.45) is -4.42. The van der Waals surface area contributed by atoms with Crippen molar-refractivity contribution < 1.29 is 18.3 Å². The Bertz CT molecular complexity index is 520. The summed E-state index contributed by atoms with van der Waals surface area (Å²) in [6.45, 7) is 4.64. The predicted octanol–water partition coefficient (Wildman–Crippen LogP) is 2.86. The van der Waals surface area contributed by atoms with Crippen molar-refractivity contribution in [3.05, 3.63) is 35.4 Å². The highest BCUT2D eigenvalue weighted by atomic mass is 28.1. The van der Waals surface area contributed by atoms with Crippen molar-refractivity contribution in [2.75, 3.05) is 0 Å². The molecule has 5 heteroatoms. The maximum Gasteiger partial charge on any atom is 0.416 e. The molecule has 1 atom stereocenters. The second-order valence-electron chi connectivity index (χ2n) is 5.01. The standard InChI is InChI=1S/C14H14F3OSi/c1-12(2,18)13(3,7-8-19)10-5-4-6-11(9-10)14(15,16)17/h4-6,9,18H,1-3H3. The smallest absolute Gasteiger partial charge is 0.389 e. The van der Waals surface area contributed by atoms with Crippen LogP contribution in [-0.2, 0) is 11.6 Å². The summed E-state index contributed by atoms with van der Waals surface area (Å²) in [5.74, 6) is 2.74. The van der Waals surface area contributed by atoms with E-state index in [0.717, 1.165) is 12.1 Å². The first-order valence-electron chi connectivity index (χ1n) is 5.61. The van der Waals surface area contributed by atoms with Crippen LogP contribution in [-0.4, -0.2) is 21.0 Å². The fourth-order valence-electron chi connectivity index (χ4n) is 1.71. The van der Waals surface area contributed by atoms with E-state index in [1.54, 1.807) is 6.92 Å². The van der Waals surface area contributed by atoms with E-state index in [1.807, 2.05) is 0 Å². The van der Waals surface area contributed by atoms with Crippen LogP contribution in [0.2, 0.25) is 0 Å². The number of alkyl halides is 3. The quantitative estimate of drug-likeness (QED) is 0.653. The molecule has 0 aliphatic carbocycles. The van der Waals surface area contributed by atoms with Crippen molar-refractivity contribution in [3.63, 3.8) is 0 Å². The third-order valence-electron chi connectivity index (χ3n) is 3.30. The zero-order valence-corrected chi connectivity index (χ0v) is 11.9. The van der Waals surface area contributed by atoms with Gasteiger partial charge in [-0.05, 0) is 32.4 Å². The molecule has 0 aliphatic rings. The molecule has 1 nitrogen and oxygen atoms in total. The van der Waals surface area contributed by atoms with Crippen LogP contribution >= 0.6 is 0 Å². The van der Waals surface area contributed by atoms with Crippen LogP contribution in [0.3, 0.4) is 0 Å². The van der Waals surface area contributed by atoms with E-state index in [-0.39, 0.29) is 0 Å². The van der Waals surface area contributed by atoms with Crippen LogP contribution < -0.4 is 0 Å². The molecule has 0 bridgehead atoms. The molecule has 0 spiro atoms. The Hall–Kier alpha value is -1.25. The molecule has 1 aromatic rings. The first-order valence-corrected chi connectivity index (χ1v) is 6.11. The van der Waals surface area contributed by atoms with E-state index in [1.165, 1.54) is 26.0 Å². The van der Waals surface area contributed by atoms with Gasteiger partial charge in [0.15, 0.2) is 0 Å². The van der Waals surface area contributed by atoms with Gasteiger partial charge in [0.05, 0.1) is 16.6 Å². The van der Waals surface area contributed by atoms with E-state index in [4.69, 9.17) is 0 Å². The third-order valence-corrected chi connectivity index (χ3v) is 3.43. The highest BCUT2D eigenvalue weighted by Gasteiger charge is 2.41. The SMILES string of the molecule is CC(C)(O)C(C)(C#C[Si])c1cccc(C(F)(F)F)c1. The van der Waals surface area contributed by atoms with Crippen LogP contribution in [0.25, 0.3) is 0 Å². The van der Waals surface area contributed by atoms with Gasteiger partial charge in [0.25, 0.3) is 0 Å². The van der Waals surface area contributed by atoms with Gasteiger partial charge in [0.2, 0.25) is 0 Å². The number of hydrogen-bond acceptors (Lipinski definition) is 1. The van der Waals surface area contributed by atoms with Crippen molar-refractivity contribution >= 4 is 10.2 Å². The number of rotatable bonds is 2. The Kier molecular flexibility index (Phi) is 4.18. The van der Waals surface area contributed by atoms with Crippen molar-refractivity contribution in [1.29, 1.82) is 0 Å². The van der Waals surface area contributed by atoms with Gasteiger partial charge in [-0.25, -0.2) is 0 Å². The minimum absolute atomic E-state index is 0.320. The highest BCUT2D eigenvalue weighted by Crippen LogP contribution is 2.37. The molecule has 1 aromatic carbocycles. The third kappa shape index (κ3) is 3.20. The van der Waals surface area contributed by atoms with Gasteiger partial charge in [-0.3, -0.25) is 0 Å². The first kappa shape index (κ1) is 15.8. The lowest BCUT2D eigenvalue weighted by molar-refractivity contribution is -0.137. The molecule has 1 rings (SSSR count). The lowest BCUT2D eigenvalue weighted by atomic mass is 9.70. The minimum atomic E-state index is -4.42. The van der Waals surface area contributed by atoms with Crippen LogP contribution in [0.1, 0.15) is 31.9 Å². The van der Waals surface area contributed by atoms with E-state index in [9.17, 15) is 18.3 Å². The monoisotopic (exact) mass is 283 g/mol. The van der Waals surface area contributed by atoms with Gasteiger partial charge in [-0.1, -0.05) is 24.1 Å². The maximum atomic E-state index is 12.7. The Balaban J connectivity index is 3.45. The Labute approximate surface area is 114 Å². The molecule has 0 aromatic heterocycles. The van der Waals surface area contributed by atoms with E-state index >= 15 is 0 Å². The number of aliphatic hydroxyl groups is 1. The second kappa shape index (κ2) is 5.03. The average molecular weight is 283 g/mol. The lowest BCUT2D eigenvalue weighted by Crippen LogP contribution is -2.44. The van der Waals surface area contributed by atoms with Gasteiger partial charge in [0.1, 0.15) is 10.2 Å². The summed E-state index contributed by atoms with van der Waals surface area (Å²) in [5.41, 5.74) is -0.358. The van der Waals surface area contributed by atoms with Crippen LogP contribution in [0.4, 0.5) is 13.2 Å². The van der Waals surface area contributed by atoms with Crippen LogP contribution in [0, 0.1) is 11.5 Å². The van der Waals surface area contributed by atoms with E-state index in [0.29, 0.717) is 5.56 Å². The molecule has 101 valence electrons. The van der Waals surface area contributed by atoms with Gasteiger partial charge < -0.3 is 5.11 Å². The van der Waals surface area contributed by atoms with Crippen molar-refractivity contribution in [1.82, 2.24) is 0 Å². The molecule has 3 radical (unpaired) electrons. The van der Waals surface area contributed by atoms with E-state index < -0.39 is 22.8 Å². The summed E-state index contributed by atoms with van der Waals surface area (Å²) in [6, 6.07) is 4.87. The molecule has 0 heterocycles. The number of benzene rings is 1. The predicted molar refractivity (Wildman–Crippen MR) is 68.6 cm³/mol. The summed E-state index contributed by atoms with van der Waals surface area (Å²) >= 11 is 0. The molecule has 0 amide bonds. The molecular weight excluding hydrogens is 269 g/mol. The maximum absolute atomic E-state index is 12.7. The topological polar surface area (TPSA) is 20.2 Å². The lowest BCUT2D eigenvalue weighted by Gasteiger charge is -2.37. The summed E-state index contributed by atoms with van der Waals surface area (Å²) in [4.78, 5) is 0. The normalized spacial score (nSPS) is 15.4. The van der Waals surface area contributed by atoms with E-state index in [2.05, 4.69) is 21.7 Å². The summed E-state index contributed by atoms with van der Waals surface area (Å²) in [7, 11) is 2.99. The van der Waals surface area contributed by atoms with Crippen molar-refractivity contribution in [3.8, 4) is 11.5 Å². The van der Waals surface area contributed by atoms with Gasteiger partial charge in [0, 0.05) is 0 Å². The number of halogens is 3. The first-order chi connectivity index (χ1) is 8.52. The molecular formula is C14H14F3OSi. The largest absolute Gasteiger partial charge is 0.416 e. The number of hydrogen-bond donors (Lipinski definition) is 1. The molecule has 0 saturated heterocycles. The highest BCUT2D eigenvalue weighted by molar-refractivity contribution is 6.22. The van der Waals surface area contributed by atoms with Crippen LogP contribution in [0.5, 0.6) is 0 Å². The Morgan fingerprint density at radius 3 is 2.05 bits per heavy atom. The zero-order chi connectivity index (χ0) is 14.9. The molecule has 19 heavy (non-hydrogen) atoms. The Morgan fingerprint density at radius 2 is 1.63 bits per heavy atom. The van der Waals surface area contributed by atoms with Gasteiger partial charge >= 0.3 is 6.18 Å². The van der Waals surface area contributed by atoms with Crippen molar-refractivity contribution in [2.24, 2.45) is 0 Å². The second-order valence-corrected chi connectivity index (χ2v) is 5.26. The summed E-state index contributed by atoms with van der Waals surface area (Å²) in [5, 5.41) is 10.2. The van der Waals surface area contributed by atoms with Crippen molar-refractivity contribution in [2.45, 2.75) is 38.0 Å². The minimum Gasteiger partial charge on any atom is -0.389 e. The van der Waals surface area contributed by atoms with Gasteiger partial charge in [-0.15, -0.1) is 5.54 Å². The average Bonchev–Trinajstić information content (AvgIpc) is 2.27. The fraction of sp³-hybridized carbons (Fsp3) is 0.429. The molecule has 1 N–H and O–H groups in total. The Morgan fingerprint density at radius 1 is 1.11 bits per heavy atom. The molecule has 0 saturated carbocycles. The molecule has 1 unspecified atom stereocenters. The zero-order valence-electron chi connectivity index (χ0n) is 10.9. The molecule has 0 aliphatic heterocycles. The summed E-state index contributed by atoms with van der Waals surface area (Å²) < 4.78 is 38.2. The molecule has 0 fully saturated rings. The fourth-order valence-corrected chi connectivity index (χ4v) is 1.96. The van der Waals surface area contributed by atoms with Gasteiger partial charge in [-0.2, -0.15) is 13.2 Å².